The summed E-state index contributed by atoms with van der Waals surface area (Å²) in [6.07, 6.45) is 6.67. The minimum atomic E-state index is 0.00650. The van der Waals surface area contributed by atoms with Crippen LogP contribution in [0.1, 0.15) is 46.5 Å². The third kappa shape index (κ3) is 3.89. The quantitative estimate of drug-likeness (QED) is 0.780. The molecule has 3 nitrogen and oxygen atoms in total. The molecule has 0 aliphatic carbocycles. The van der Waals surface area contributed by atoms with E-state index in [1.54, 1.807) is 0 Å². The van der Waals surface area contributed by atoms with Gasteiger partial charge in [-0.05, 0) is 44.4 Å². The summed E-state index contributed by atoms with van der Waals surface area (Å²) in [5.41, 5.74) is 0. The highest BCUT2D eigenvalue weighted by Gasteiger charge is 2.30. The molecule has 1 rings (SSSR count). The van der Waals surface area contributed by atoms with Crippen molar-refractivity contribution in [1.82, 2.24) is 10.6 Å². The lowest BCUT2D eigenvalue weighted by molar-refractivity contribution is -0.124. The molecule has 106 valence electrons. The van der Waals surface area contributed by atoms with Crippen molar-refractivity contribution >= 4 is 17.7 Å². The number of amides is 1. The lowest BCUT2D eigenvalue weighted by atomic mass is 9.92. The molecular formula is C14H28N2OS. The highest BCUT2D eigenvalue weighted by molar-refractivity contribution is 8.00. The molecule has 0 saturated carbocycles. The van der Waals surface area contributed by atoms with Crippen molar-refractivity contribution in [2.24, 2.45) is 5.92 Å². The first-order valence-electron chi connectivity index (χ1n) is 7.14. The second kappa shape index (κ2) is 7.39. The van der Waals surface area contributed by atoms with E-state index in [1.807, 2.05) is 11.8 Å². The predicted molar refractivity (Wildman–Crippen MR) is 80.0 cm³/mol. The van der Waals surface area contributed by atoms with Gasteiger partial charge in [-0.3, -0.25) is 4.79 Å². The van der Waals surface area contributed by atoms with Crippen LogP contribution in [0.3, 0.4) is 0 Å². The van der Waals surface area contributed by atoms with Crippen LogP contribution in [0.2, 0.25) is 0 Å². The molecule has 0 aromatic heterocycles. The molecule has 0 spiro atoms. The number of thioether (sulfide) groups is 1. The molecule has 1 saturated heterocycles. The van der Waals surface area contributed by atoms with Crippen molar-refractivity contribution in [2.75, 3.05) is 19.3 Å². The molecule has 1 heterocycles. The second-order valence-electron chi connectivity index (χ2n) is 5.36. The first-order valence-corrected chi connectivity index (χ1v) is 8.37. The molecule has 2 unspecified atom stereocenters. The molecule has 0 aromatic carbocycles. The summed E-state index contributed by atoms with van der Waals surface area (Å²) in [7, 11) is 0. The maximum absolute atomic E-state index is 12.2. The van der Waals surface area contributed by atoms with Gasteiger partial charge in [0.25, 0.3) is 0 Å². The van der Waals surface area contributed by atoms with Crippen molar-refractivity contribution in [3.05, 3.63) is 0 Å². The molecule has 2 atom stereocenters. The molecule has 18 heavy (non-hydrogen) atoms. The highest BCUT2D eigenvalue weighted by atomic mass is 32.2. The van der Waals surface area contributed by atoms with Crippen LogP contribution in [0, 0.1) is 5.92 Å². The van der Waals surface area contributed by atoms with E-state index < -0.39 is 0 Å². The SMILES string of the molecule is CCC(CC)(CNC(=O)C1NCCCC1C)SC. The van der Waals surface area contributed by atoms with E-state index in [4.69, 9.17) is 0 Å². The van der Waals surface area contributed by atoms with Gasteiger partial charge >= 0.3 is 0 Å². The molecule has 4 heteroatoms. The zero-order valence-electron chi connectivity index (χ0n) is 12.2. The molecule has 1 amide bonds. The summed E-state index contributed by atoms with van der Waals surface area (Å²) in [6, 6.07) is 0.00650. The van der Waals surface area contributed by atoms with Gasteiger partial charge in [-0.25, -0.2) is 0 Å². The Labute approximate surface area is 116 Å². The topological polar surface area (TPSA) is 41.1 Å². The number of hydrogen-bond acceptors (Lipinski definition) is 3. The van der Waals surface area contributed by atoms with Gasteiger partial charge in [-0.2, -0.15) is 11.8 Å². The Balaban J connectivity index is 2.49. The Hall–Kier alpha value is -0.220. The van der Waals surface area contributed by atoms with Gasteiger partial charge in [-0.15, -0.1) is 0 Å². The van der Waals surface area contributed by atoms with Crippen molar-refractivity contribution in [1.29, 1.82) is 0 Å². The Bertz CT molecular complexity index is 258. The van der Waals surface area contributed by atoms with Gasteiger partial charge in [0.2, 0.25) is 5.91 Å². The number of carbonyl (C=O) groups is 1. The molecule has 2 N–H and O–H groups in total. The van der Waals surface area contributed by atoms with Gasteiger partial charge in [0.05, 0.1) is 6.04 Å². The summed E-state index contributed by atoms with van der Waals surface area (Å²) in [5.74, 6) is 0.633. The maximum Gasteiger partial charge on any atom is 0.237 e. The zero-order valence-corrected chi connectivity index (χ0v) is 13.0. The average Bonchev–Trinajstić information content (AvgIpc) is 2.41. The third-order valence-corrected chi connectivity index (χ3v) is 5.95. The van der Waals surface area contributed by atoms with E-state index >= 15 is 0 Å². The Morgan fingerprint density at radius 1 is 1.44 bits per heavy atom. The summed E-state index contributed by atoms with van der Waals surface area (Å²) in [6.45, 7) is 8.32. The van der Waals surface area contributed by atoms with Crippen molar-refractivity contribution < 1.29 is 4.79 Å². The fourth-order valence-electron chi connectivity index (χ4n) is 2.62. The van der Waals surface area contributed by atoms with E-state index in [2.05, 4.69) is 37.7 Å². The Morgan fingerprint density at radius 2 is 2.11 bits per heavy atom. The lowest BCUT2D eigenvalue weighted by Crippen LogP contribution is -2.53. The van der Waals surface area contributed by atoms with E-state index in [0.29, 0.717) is 5.92 Å². The summed E-state index contributed by atoms with van der Waals surface area (Å²) in [5, 5.41) is 6.49. The van der Waals surface area contributed by atoms with Gasteiger partial charge in [0, 0.05) is 11.3 Å². The van der Waals surface area contributed by atoms with Gasteiger partial charge in [0.15, 0.2) is 0 Å². The van der Waals surface area contributed by atoms with Crippen LogP contribution >= 0.6 is 11.8 Å². The fraction of sp³-hybridized carbons (Fsp3) is 0.929. The number of rotatable bonds is 6. The van der Waals surface area contributed by atoms with Crippen LogP contribution in [-0.2, 0) is 4.79 Å². The van der Waals surface area contributed by atoms with Crippen LogP contribution in [0.5, 0.6) is 0 Å². The second-order valence-corrected chi connectivity index (χ2v) is 6.64. The third-order valence-electron chi connectivity index (χ3n) is 4.36. The van der Waals surface area contributed by atoms with Gasteiger partial charge < -0.3 is 10.6 Å². The number of hydrogen-bond donors (Lipinski definition) is 2. The van der Waals surface area contributed by atoms with Crippen molar-refractivity contribution in [3.63, 3.8) is 0 Å². The first kappa shape index (κ1) is 15.8. The highest BCUT2D eigenvalue weighted by Crippen LogP contribution is 2.29. The molecule has 0 aromatic rings. The first-order chi connectivity index (χ1) is 8.58. The summed E-state index contributed by atoms with van der Waals surface area (Å²) >= 11 is 1.87. The molecule has 0 bridgehead atoms. The zero-order chi connectivity index (χ0) is 13.6. The van der Waals surface area contributed by atoms with Crippen molar-refractivity contribution in [3.8, 4) is 0 Å². The van der Waals surface area contributed by atoms with E-state index in [1.165, 1.54) is 6.42 Å². The smallest absolute Gasteiger partial charge is 0.237 e. The monoisotopic (exact) mass is 272 g/mol. The molecule has 1 fully saturated rings. The maximum atomic E-state index is 12.2. The van der Waals surface area contributed by atoms with Crippen molar-refractivity contribution in [2.45, 2.75) is 57.2 Å². The van der Waals surface area contributed by atoms with E-state index in [-0.39, 0.29) is 16.7 Å². The van der Waals surface area contributed by atoms with Crippen LogP contribution < -0.4 is 10.6 Å². The summed E-state index contributed by atoms with van der Waals surface area (Å²) < 4.78 is 0.202. The molecular weight excluding hydrogens is 244 g/mol. The van der Waals surface area contributed by atoms with Crippen LogP contribution in [0.15, 0.2) is 0 Å². The lowest BCUT2D eigenvalue weighted by Gasteiger charge is -2.33. The number of carbonyl (C=O) groups excluding carboxylic acids is 1. The molecule has 1 aliphatic rings. The Morgan fingerprint density at radius 3 is 2.61 bits per heavy atom. The number of piperidine rings is 1. The standard InChI is InChI=1S/C14H28N2OS/c1-5-14(6-2,18-4)10-16-13(17)12-11(3)8-7-9-15-12/h11-12,15H,5-10H2,1-4H3,(H,16,17). The minimum absolute atomic E-state index is 0.00650. The molecule has 0 radical (unpaired) electrons. The van der Waals surface area contributed by atoms with Crippen LogP contribution in [0.4, 0.5) is 0 Å². The van der Waals surface area contributed by atoms with Crippen LogP contribution in [-0.4, -0.2) is 36.0 Å². The summed E-state index contributed by atoms with van der Waals surface area (Å²) in [4.78, 5) is 12.2. The normalized spacial score (nSPS) is 24.9. The predicted octanol–water partition coefficient (Wildman–Crippen LogP) is 2.41. The fourth-order valence-corrected chi connectivity index (χ4v) is 3.41. The van der Waals surface area contributed by atoms with Gasteiger partial charge in [-0.1, -0.05) is 20.8 Å². The largest absolute Gasteiger partial charge is 0.353 e. The number of nitrogens with one attached hydrogen (secondary N) is 2. The van der Waals surface area contributed by atoms with Crippen LogP contribution in [0.25, 0.3) is 0 Å². The Kier molecular flexibility index (Phi) is 6.50. The molecule has 1 aliphatic heterocycles. The van der Waals surface area contributed by atoms with E-state index in [9.17, 15) is 4.79 Å². The van der Waals surface area contributed by atoms with Gasteiger partial charge in [0.1, 0.15) is 0 Å². The van der Waals surface area contributed by atoms with E-state index in [0.717, 1.165) is 32.4 Å². The average molecular weight is 272 g/mol. The minimum Gasteiger partial charge on any atom is -0.353 e.